The Bertz CT molecular complexity index is 614. The molecule has 2 heterocycles. The third-order valence-electron chi connectivity index (χ3n) is 3.07. The van der Waals surface area contributed by atoms with Crippen molar-refractivity contribution in [3.63, 3.8) is 0 Å². The lowest BCUT2D eigenvalue weighted by Crippen LogP contribution is -2.28. The number of thiophene rings is 1. The number of carbonyl (C=O) groups excluding carboxylic acids is 1. The van der Waals surface area contributed by atoms with Gasteiger partial charge in [0.1, 0.15) is 11.5 Å². The summed E-state index contributed by atoms with van der Waals surface area (Å²) in [6.45, 7) is 3.20. The van der Waals surface area contributed by atoms with Gasteiger partial charge in [0.15, 0.2) is 5.78 Å². The van der Waals surface area contributed by atoms with Gasteiger partial charge in [0, 0.05) is 23.9 Å². The molecule has 0 amide bonds. The molecule has 0 aromatic carbocycles. The van der Waals surface area contributed by atoms with Crippen LogP contribution in [0.3, 0.4) is 0 Å². The summed E-state index contributed by atoms with van der Waals surface area (Å²) in [5.41, 5.74) is 0.302. The Morgan fingerprint density at radius 1 is 1.43 bits per heavy atom. The van der Waals surface area contributed by atoms with Gasteiger partial charge in [-0.15, -0.1) is 11.3 Å². The summed E-state index contributed by atoms with van der Waals surface area (Å²) in [6, 6.07) is 6.53. The van der Waals surface area contributed by atoms with Crippen LogP contribution in [0.1, 0.15) is 22.3 Å². The number of ketones is 1. The predicted octanol–water partition coefficient (Wildman–Crippen LogP) is 3.89. The molecule has 0 saturated carbocycles. The second-order valence-corrected chi connectivity index (χ2v) is 6.83. The zero-order valence-electron chi connectivity index (χ0n) is 11.8. The van der Waals surface area contributed by atoms with Crippen LogP contribution < -0.4 is 0 Å². The largest absolute Gasteiger partial charge is 0.301 e. The van der Waals surface area contributed by atoms with Crippen LogP contribution in [0.15, 0.2) is 30.5 Å². The van der Waals surface area contributed by atoms with Crippen molar-refractivity contribution in [2.75, 3.05) is 13.6 Å². The first-order chi connectivity index (χ1) is 9.95. The number of pyridine rings is 1. The van der Waals surface area contributed by atoms with Gasteiger partial charge in [0.25, 0.3) is 0 Å². The molecule has 2 aromatic heterocycles. The first-order valence-electron chi connectivity index (χ1n) is 6.54. The normalized spacial score (nSPS) is 12.6. The van der Waals surface area contributed by atoms with E-state index in [1.807, 2.05) is 26.1 Å². The fraction of sp³-hybridized carbons (Fsp3) is 0.333. The van der Waals surface area contributed by atoms with E-state index in [4.69, 9.17) is 11.6 Å². The maximum atomic E-state index is 12.8. The quantitative estimate of drug-likeness (QED) is 0.755. The van der Waals surface area contributed by atoms with Crippen molar-refractivity contribution < 1.29 is 9.18 Å². The molecule has 112 valence electrons. The van der Waals surface area contributed by atoms with Crippen LogP contribution in [0.2, 0.25) is 4.34 Å². The van der Waals surface area contributed by atoms with Crippen LogP contribution in [0.25, 0.3) is 0 Å². The molecule has 1 atom stereocenters. The summed E-state index contributed by atoms with van der Waals surface area (Å²) < 4.78 is 13.6. The second-order valence-electron chi connectivity index (χ2n) is 5.03. The fourth-order valence-corrected chi connectivity index (χ4v) is 3.26. The van der Waals surface area contributed by atoms with E-state index in [0.29, 0.717) is 12.2 Å². The Morgan fingerprint density at radius 3 is 2.76 bits per heavy atom. The minimum atomic E-state index is -0.439. The van der Waals surface area contributed by atoms with Gasteiger partial charge < -0.3 is 4.90 Å². The zero-order chi connectivity index (χ0) is 15.4. The summed E-state index contributed by atoms with van der Waals surface area (Å²) in [4.78, 5) is 19.3. The molecule has 0 radical (unpaired) electrons. The van der Waals surface area contributed by atoms with Gasteiger partial charge in [0.05, 0.1) is 10.5 Å². The van der Waals surface area contributed by atoms with Crippen molar-refractivity contribution in [2.45, 2.75) is 13.5 Å². The van der Waals surface area contributed by atoms with E-state index in [0.717, 1.165) is 22.0 Å². The molecule has 2 aromatic rings. The molecule has 0 spiro atoms. The van der Waals surface area contributed by atoms with E-state index >= 15 is 0 Å². The number of halogens is 2. The molecule has 3 nitrogen and oxygen atoms in total. The smallest absolute Gasteiger partial charge is 0.185 e. The SMILES string of the molecule is CC(CN(C)Cc1ccc(Cl)s1)C(=O)c1ccc(F)cn1. The monoisotopic (exact) mass is 326 g/mol. The highest BCUT2D eigenvalue weighted by Crippen LogP contribution is 2.22. The van der Waals surface area contributed by atoms with Crippen LogP contribution in [-0.4, -0.2) is 29.3 Å². The van der Waals surface area contributed by atoms with Gasteiger partial charge in [-0.1, -0.05) is 18.5 Å². The number of nitrogens with zero attached hydrogens (tertiary/aromatic N) is 2. The molecule has 0 aliphatic rings. The molecule has 21 heavy (non-hydrogen) atoms. The Kier molecular flexibility index (Phi) is 5.45. The Labute approximate surface area is 132 Å². The van der Waals surface area contributed by atoms with Crippen molar-refractivity contribution in [1.82, 2.24) is 9.88 Å². The summed E-state index contributed by atoms with van der Waals surface area (Å²) in [5, 5.41) is 0. The van der Waals surface area contributed by atoms with Crippen LogP contribution in [0.5, 0.6) is 0 Å². The highest BCUT2D eigenvalue weighted by Gasteiger charge is 2.18. The van der Waals surface area contributed by atoms with Gasteiger partial charge in [-0.25, -0.2) is 4.39 Å². The van der Waals surface area contributed by atoms with Crippen LogP contribution in [0.4, 0.5) is 4.39 Å². The van der Waals surface area contributed by atoms with E-state index < -0.39 is 5.82 Å². The number of rotatable bonds is 6. The first-order valence-corrected chi connectivity index (χ1v) is 7.73. The number of aromatic nitrogens is 1. The van der Waals surface area contributed by atoms with Crippen LogP contribution in [0, 0.1) is 11.7 Å². The second kappa shape index (κ2) is 7.11. The number of hydrogen-bond acceptors (Lipinski definition) is 4. The zero-order valence-corrected chi connectivity index (χ0v) is 13.4. The predicted molar refractivity (Wildman–Crippen MR) is 83.4 cm³/mol. The molecular weight excluding hydrogens is 311 g/mol. The van der Waals surface area contributed by atoms with E-state index in [9.17, 15) is 9.18 Å². The highest BCUT2D eigenvalue weighted by atomic mass is 35.5. The van der Waals surface area contributed by atoms with Crippen LogP contribution >= 0.6 is 22.9 Å². The van der Waals surface area contributed by atoms with Gasteiger partial charge >= 0.3 is 0 Å². The van der Waals surface area contributed by atoms with E-state index in [-0.39, 0.29) is 11.7 Å². The summed E-state index contributed by atoms with van der Waals surface area (Å²) in [6.07, 6.45) is 1.07. The van der Waals surface area contributed by atoms with Crippen molar-refractivity contribution in [3.05, 3.63) is 51.2 Å². The molecule has 1 unspecified atom stereocenters. The topological polar surface area (TPSA) is 33.2 Å². The first kappa shape index (κ1) is 16.1. The Morgan fingerprint density at radius 2 is 2.19 bits per heavy atom. The fourth-order valence-electron chi connectivity index (χ4n) is 2.09. The maximum Gasteiger partial charge on any atom is 0.185 e. The molecule has 0 aliphatic carbocycles. The minimum Gasteiger partial charge on any atom is -0.301 e. The highest BCUT2D eigenvalue weighted by molar-refractivity contribution is 7.16. The number of carbonyl (C=O) groups is 1. The van der Waals surface area contributed by atoms with Gasteiger partial charge in [-0.05, 0) is 31.3 Å². The molecule has 0 saturated heterocycles. The average molecular weight is 327 g/mol. The molecule has 2 rings (SSSR count). The van der Waals surface area contributed by atoms with Gasteiger partial charge in [0.2, 0.25) is 0 Å². The number of Topliss-reactive ketones (excluding diaryl/α,β-unsaturated/α-hetero) is 1. The standard InChI is InChI=1S/C15H16ClFN2OS/c1-10(15(20)13-5-3-11(17)7-18-13)8-19(2)9-12-4-6-14(16)21-12/h3-7,10H,8-9H2,1-2H3. The average Bonchev–Trinajstić information content (AvgIpc) is 2.83. The van der Waals surface area contributed by atoms with Crippen LogP contribution in [-0.2, 0) is 6.54 Å². The van der Waals surface area contributed by atoms with Gasteiger partial charge in [-0.3, -0.25) is 9.78 Å². The van der Waals surface area contributed by atoms with Crippen molar-refractivity contribution in [1.29, 1.82) is 0 Å². The van der Waals surface area contributed by atoms with E-state index in [1.165, 1.54) is 23.5 Å². The van der Waals surface area contributed by atoms with E-state index in [2.05, 4.69) is 9.88 Å². The van der Waals surface area contributed by atoms with Crippen molar-refractivity contribution in [3.8, 4) is 0 Å². The Balaban J connectivity index is 1.92. The lowest BCUT2D eigenvalue weighted by Gasteiger charge is -2.19. The summed E-state index contributed by atoms with van der Waals surface area (Å²) >= 11 is 7.43. The Hall–Kier alpha value is -1.30. The molecule has 0 bridgehead atoms. The van der Waals surface area contributed by atoms with Crippen molar-refractivity contribution >= 4 is 28.7 Å². The number of hydrogen-bond donors (Lipinski definition) is 0. The maximum absolute atomic E-state index is 12.8. The van der Waals surface area contributed by atoms with Gasteiger partial charge in [-0.2, -0.15) is 0 Å². The summed E-state index contributed by atoms with van der Waals surface area (Å²) in [5.74, 6) is -0.722. The minimum absolute atomic E-state index is 0.0777. The molecule has 0 fully saturated rings. The lowest BCUT2D eigenvalue weighted by atomic mass is 10.0. The third kappa shape index (κ3) is 4.59. The summed E-state index contributed by atoms with van der Waals surface area (Å²) in [7, 11) is 1.95. The molecule has 0 N–H and O–H groups in total. The van der Waals surface area contributed by atoms with Crippen molar-refractivity contribution in [2.24, 2.45) is 5.92 Å². The lowest BCUT2D eigenvalue weighted by molar-refractivity contribution is 0.0896. The van der Waals surface area contributed by atoms with E-state index in [1.54, 1.807) is 0 Å². The molecular formula is C15H16ClFN2OS. The third-order valence-corrected chi connectivity index (χ3v) is 4.28. The molecule has 0 aliphatic heterocycles. The molecule has 6 heteroatoms.